The number of hydrogen-bond donors (Lipinski definition) is 2. The Morgan fingerprint density at radius 3 is 2.08 bits per heavy atom. The van der Waals surface area contributed by atoms with Crippen molar-refractivity contribution in [3.05, 3.63) is 53.6 Å². The molecule has 0 saturated carbocycles. The molecule has 0 heterocycles. The fourth-order valence-electron chi connectivity index (χ4n) is 2.10. The van der Waals surface area contributed by atoms with Crippen molar-refractivity contribution in [2.75, 3.05) is 10.0 Å². The third-order valence-electron chi connectivity index (χ3n) is 3.38. The molecule has 2 rings (SSSR count). The summed E-state index contributed by atoms with van der Waals surface area (Å²) in [5.74, 6) is -0.314. The number of hydrogen-bond acceptors (Lipinski definition) is 3. The summed E-state index contributed by atoms with van der Waals surface area (Å²) in [4.78, 5) is 10.9. The second-order valence-electron chi connectivity index (χ2n) is 5.29. The van der Waals surface area contributed by atoms with Crippen molar-refractivity contribution in [2.45, 2.75) is 24.9 Å². The molecule has 0 fully saturated rings. The summed E-state index contributed by atoms with van der Waals surface area (Å²) in [6, 6.07) is 7.82. The molecule has 0 saturated heterocycles. The quantitative estimate of drug-likeness (QED) is 0.858. The lowest BCUT2D eigenvalue weighted by molar-refractivity contribution is -0.137. The van der Waals surface area contributed by atoms with Crippen LogP contribution in [0.1, 0.15) is 18.1 Å². The van der Waals surface area contributed by atoms with Crippen LogP contribution in [0.5, 0.6) is 0 Å². The first-order valence-corrected chi connectivity index (χ1v) is 8.56. The van der Waals surface area contributed by atoms with Gasteiger partial charge in [0.2, 0.25) is 5.91 Å². The van der Waals surface area contributed by atoms with Gasteiger partial charge in [0.1, 0.15) is 0 Å². The first kappa shape index (κ1) is 18.8. The monoisotopic (exact) mass is 372 g/mol. The van der Waals surface area contributed by atoms with E-state index in [1.807, 2.05) is 0 Å². The van der Waals surface area contributed by atoms with Gasteiger partial charge in [0.15, 0.2) is 0 Å². The lowest BCUT2D eigenvalue weighted by Crippen LogP contribution is -2.15. The number of alkyl halides is 3. The molecule has 2 aromatic carbocycles. The van der Waals surface area contributed by atoms with Crippen LogP contribution in [0.2, 0.25) is 0 Å². The molecule has 1 amide bonds. The Bertz CT molecular complexity index is 892. The zero-order valence-corrected chi connectivity index (χ0v) is 14.1. The Kier molecular flexibility index (Phi) is 5.07. The van der Waals surface area contributed by atoms with E-state index in [-0.39, 0.29) is 16.5 Å². The molecule has 0 aliphatic carbocycles. The lowest BCUT2D eigenvalue weighted by Gasteiger charge is -2.14. The largest absolute Gasteiger partial charge is 0.416 e. The van der Waals surface area contributed by atoms with Crippen molar-refractivity contribution >= 4 is 27.3 Å². The van der Waals surface area contributed by atoms with Crippen LogP contribution in [0, 0.1) is 6.92 Å². The highest BCUT2D eigenvalue weighted by Gasteiger charge is 2.30. The number of halogens is 3. The molecule has 5 nitrogen and oxygen atoms in total. The molecule has 0 aromatic heterocycles. The number of benzene rings is 2. The number of sulfonamides is 1. The predicted molar refractivity (Wildman–Crippen MR) is 87.7 cm³/mol. The van der Waals surface area contributed by atoms with E-state index >= 15 is 0 Å². The first-order chi connectivity index (χ1) is 11.5. The minimum Gasteiger partial charge on any atom is -0.326 e. The van der Waals surface area contributed by atoms with Crippen molar-refractivity contribution in [3.8, 4) is 0 Å². The molecule has 2 N–H and O–H groups in total. The third kappa shape index (κ3) is 4.50. The van der Waals surface area contributed by atoms with Gasteiger partial charge < -0.3 is 5.32 Å². The Hall–Kier alpha value is -2.55. The smallest absolute Gasteiger partial charge is 0.326 e. The first-order valence-electron chi connectivity index (χ1n) is 7.08. The van der Waals surface area contributed by atoms with Crippen molar-refractivity contribution in [2.24, 2.45) is 0 Å². The number of amides is 1. The minimum atomic E-state index is -4.54. The number of anilines is 2. The summed E-state index contributed by atoms with van der Waals surface area (Å²) in [5.41, 5.74) is 0.190. The Morgan fingerprint density at radius 2 is 1.56 bits per heavy atom. The zero-order chi connectivity index (χ0) is 18.8. The van der Waals surface area contributed by atoms with Crippen LogP contribution in [0.4, 0.5) is 24.5 Å². The van der Waals surface area contributed by atoms with E-state index < -0.39 is 21.8 Å². The Labute approximate surface area is 142 Å². The predicted octanol–water partition coefficient (Wildman–Crippen LogP) is 3.77. The second-order valence-corrected chi connectivity index (χ2v) is 6.97. The molecule has 0 bridgehead atoms. The van der Waals surface area contributed by atoms with Crippen molar-refractivity contribution in [3.63, 3.8) is 0 Å². The maximum absolute atomic E-state index is 12.6. The van der Waals surface area contributed by atoms with Crippen molar-refractivity contribution < 1.29 is 26.4 Å². The SMILES string of the molecule is CC(=O)Nc1cccc(NS(=O)(=O)c2ccc(C(F)(F)F)cc2)c1C. The van der Waals surface area contributed by atoms with Gasteiger partial charge in [-0.15, -0.1) is 0 Å². The van der Waals surface area contributed by atoms with Crippen LogP contribution in [-0.4, -0.2) is 14.3 Å². The van der Waals surface area contributed by atoms with Gasteiger partial charge in [0.05, 0.1) is 16.1 Å². The number of nitrogens with one attached hydrogen (secondary N) is 2. The average Bonchev–Trinajstić information content (AvgIpc) is 2.50. The summed E-state index contributed by atoms with van der Waals surface area (Å²) in [6.45, 7) is 2.92. The molecular weight excluding hydrogens is 357 g/mol. The van der Waals surface area contributed by atoms with E-state index in [4.69, 9.17) is 0 Å². The molecule has 0 aliphatic heterocycles. The zero-order valence-electron chi connectivity index (χ0n) is 13.3. The van der Waals surface area contributed by atoms with Gasteiger partial charge in [-0.2, -0.15) is 13.2 Å². The highest BCUT2D eigenvalue weighted by atomic mass is 32.2. The highest BCUT2D eigenvalue weighted by Crippen LogP contribution is 2.30. The van der Waals surface area contributed by atoms with Gasteiger partial charge in [-0.25, -0.2) is 8.42 Å². The second kappa shape index (κ2) is 6.75. The number of rotatable bonds is 4. The standard InChI is InChI=1S/C16H15F3N2O3S/c1-10-14(20-11(2)22)4-3-5-15(10)21-25(23,24)13-8-6-12(7-9-13)16(17,18)19/h3-9,21H,1-2H3,(H,20,22). The van der Waals surface area contributed by atoms with E-state index in [9.17, 15) is 26.4 Å². The molecule has 2 aromatic rings. The average molecular weight is 372 g/mol. The van der Waals surface area contributed by atoms with Gasteiger partial charge in [0, 0.05) is 12.6 Å². The van der Waals surface area contributed by atoms with E-state index in [1.165, 1.54) is 13.0 Å². The van der Waals surface area contributed by atoms with E-state index in [0.29, 0.717) is 23.4 Å². The molecule has 0 unspecified atom stereocenters. The molecule has 0 spiro atoms. The van der Waals surface area contributed by atoms with Crippen LogP contribution in [0.25, 0.3) is 0 Å². The molecule has 0 aliphatic rings. The molecule has 25 heavy (non-hydrogen) atoms. The maximum Gasteiger partial charge on any atom is 0.416 e. The summed E-state index contributed by atoms with van der Waals surface area (Å²) >= 11 is 0. The van der Waals surface area contributed by atoms with E-state index in [2.05, 4.69) is 10.0 Å². The van der Waals surface area contributed by atoms with E-state index in [1.54, 1.807) is 19.1 Å². The lowest BCUT2D eigenvalue weighted by atomic mass is 10.1. The van der Waals surface area contributed by atoms with Gasteiger partial charge in [-0.1, -0.05) is 6.07 Å². The number of carbonyl (C=O) groups is 1. The summed E-state index contributed by atoms with van der Waals surface area (Å²) in [5, 5.41) is 2.56. The van der Waals surface area contributed by atoms with Gasteiger partial charge in [-0.05, 0) is 48.9 Å². The van der Waals surface area contributed by atoms with Crippen molar-refractivity contribution in [1.29, 1.82) is 0 Å². The third-order valence-corrected chi connectivity index (χ3v) is 4.76. The van der Waals surface area contributed by atoms with Crippen LogP contribution in [0.3, 0.4) is 0 Å². The van der Waals surface area contributed by atoms with Crippen LogP contribution >= 0.6 is 0 Å². The fourth-order valence-corrected chi connectivity index (χ4v) is 3.22. The van der Waals surface area contributed by atoms with E-state index in [0.717, 1.165) is 12.1 Å². The fraction of sp³-hybridized carbons (Fsp3) is 0.188. The van der Waals surface area contributed by atoms with Crippen LogP contribution in [0.15, 0.2) is 47.4 Å². The molecule has 9 heteroatoms. The topological polar surface area (TPSA) is 75.3 Å². The minimum absolute atomic E-state index is 0.214. The highest BCUT2D eigenvalue weighted by molar-refractivity contribution is 7.92. The molecular formula is C16H15F3N2O3S. The van der Waals surface area contributed by atoms with Gasteiger partial charge >= 0.3 is 6.18 Å². The van der Waals surface area contributed by atoms with Gasteiger partial charge in [-0.3, -0.25) is 9.52 Å². The van der Waals surface area contributed by atoms with Crippen molar-refractivity contribution in [1.82, 2.24) is 0 Å². The summed E-state index contributed by atoms with van der Waals surface area (Å²) < 4.78 is 64.7. The normalized spacial score (nSPS) is 11.9. The van der Waals surface area contributed by atoms with Crippen LogP contribution < -0.4 is 10.0 Å². The Morgan fingerprint density at radius 1 is 1.00 bits per heavy atom. The number of carbonyl (C=O) groups excluding carboxylic acids is 1. The molecule has 0 atom stereocenters. The summed E-state index contributed by atoms with van der Waals surface area (Å²) in [7, 11) is -4.07. The van der Waals surface area contributed by atoms with Crippen LogP contribution in [-0.2, 0) is 21.0 Å². The Balaban J connectivity index is 2.32. The maximum atomic E-state index is 12.6. The van der Waals surface area contributed by atoms with Gasteiger partial charge in [0.25, 0.3) is 10.0 Å². The summed E-state index contributed by atoms with van der Waals surface area (Å²) in [6.07, 6.45) is -4.54. The molecule has 134 valence electrons. The molecule has 0 radical (unpaired) electrons.